The van der Waals surface area contributed by atoms with E-state index in [1.807, 2.05) is 0 Å². The summed E-state index contributed by atoms with van der Waals surface area (Å²) in [5.74, 6) is -0.493. The van der Waals surface area contributed by atoms with Crippen LogP contribution in [-0.4, -0.2) is 33.3 Å². The highest BCUT2D eigenvalue weighted by molar-refractivity contribution is 6.02. The predicted octanol–water partition coefficient (Wildman–Crippen LogP) is 1.69. The van der Waals surface area contributed by atoms with Crippen LogP contribution in [-0.2, 0) is 17.1 Å². The molecule has 7 nitrogen and oxygen atoms in total. The van der Waals surface area contributed by atoms with E-state index in [-0.39, 0.29) is 22.7 Å². The third-order valence-corrected chi connectivity index (χ3v) is 3.27. The van der Waals surface area contributed by atoms with Gasteiger partial charge >= 0.3 is 12.4 Å². The average molecular weight is 378 g/mol. The Kier molecular flexibility index (Phi) is 4.08. The number of rotatable bonds is 2. The van der Waals surface area contributed by atoms with Gasteiger partial charge in [-0.05, 0) is 18.2 Å². The van der Waals surface area contributed by atoms with Gasteiger partial charge in [-0.25, -0.2) is 0 Å². The first-order chi connectivity index (χ1) is 12.1. The number of hydrogen-bond donors (Lipinski definition) is 2. The van der Waals surface area contributed by atoms with Gasteiger partial charge < -0.3 is 0 Å². The summed E-state index contributed by atoms with van der Waals surface area (Å²) in [7, 11) is 0. The van der Waals surface area contributed by atoms with Crippen molar-refractivity contribution in [3.63, 3.8) is 0 Å². The van der Waals surface area contributed by atoms with E-state index in [9.17, 15) is 31.1 Å². The number of nitrogens with one attached hydrogen (secondary N) is 2. The molecule has 1 amide bonds. The number of halogens is 6. The summed E-state index contributed by atoms with van der Waals surface area (Å²) < 4.78 is 77.9. The van der Waals surface area contributed by atoms with Gasteiger partial charge in [0.25, 0.3) is 5.91 Å². The lowest BCUT2D eigenvalue weighted by molar-refractivity contribution is -0.141. The molecule has 0 radical (unpaired) electrons. The van der Waals surface area contributed by atoms with Crippen LogP contribution >= 0.6 is 0 Å². The van der Waals surface area contributed by atoms with Gasteiger partial charge in [-0.1, -0.05) is 0 Å². The quantitative estimate of drug-likeness (QED) is 0.779. The molecule has 0 bridgehead atoms. The highest BCUT2D eigenvalue weighted by Crippen LogP contribution is 2.35. The molecule has 1 aromatic carbocycles. The number of carbonyl (C=O) groups excluding carboxylic acids is 1. The first kappa shape index (κ1) is 17.7. The zero-order chi connectivity index (χ0) is 19.1. The molecule has 26 heavy (non-hydrogen) atoms. The molecular weight excluding hydrogens is 370 g/mol. The van der Waals surface area contributed by atoms with Crippen LogP contribution in [0.4, 0.5) is 26.3 Å². The standard InChI is InChI=1S/C13H8F6N6O/c14-12(15,16)7-3-6(11-20-5-10(26)22-23-11)1-2-8(7)25-21-4-9(24-25)13(17,18)19/h1-4H,5H2,(H,20,23)(H,22,26). The summed E-state index contributed by atoms with van der Waals surface area (Å²) in [5.41, 5.74) is 1.15. The SMILES string of the molecule is O=C1CN=C(c2ccc(-n3ncc(C(F)(F)F)n3)c(C(F)(F)F)c2)NN1. The van der Waals surface area contributed by atoms with Crippen molar-refractivity contribution in [2.75, 3.05) is 6.54 Å². The molecule has 0 aliphatic carbocycles. The van der Waals surface area contributed by atoms with Gasteiger partial charge in [-0.3, -0.25) is 20.6 Å². The maximum atomic E-state index is 13.4. The molecule has 13 heteroatoms. The van der Waals surface area contributed by atoms with Crippen molar-refractivity contribution in [2.24, 2.45) is 4.99 Å². The second kappa shape index (κ2) is 6.00. The molecular formula is C13H8F6N6O. The number of benzene rings is 1. The van der Waals surface area contributed by atoms with Gasteiger partial charge in [0.05, 0.1) is 17.4 Å². The molecule has 0 saturated heterocycles. The monoisotopic (exact) mass is 378 g/mol. The fourth-order valence-corrected chi connectivity index (χ4v) is 2.12. The van der Waals surface area contributed by atoms with Crippen molar-refractivity contribution in [1.29, 1.82) is 0 Å². The highest BCUT2D eigenvalue weighted by atomic mass is 19.4. The van der Waals surface area contributed by atoms with E-state index in [1.54, 1.807) is 0 Å². The molecule has 0 unspecified atom stereocenters. The van der Waals surface area contributed by atoms with Crippen molar-refractivity contribution in [3.05, 3.63) is 41.2 Å². The van der Waals surface area contributed by atoms with E-state index in [0.29, 0.717) is 12.3 Å². The molecule has 0 spiro atoms. The number of aliphatic imine (C=N–C) groups is 1. The Balaban J connectivity index is 2.06. The number of alkyl halides is 6. The summed E-state index contributed by atoms with van der Waals surface area (Å²) >= 11 is 0. The Hall–Kier alpha value is -3.12. The maximum Gasteiger partial charge on any atom is 0.436 e. The molecule has 0 fully saturated rings. The zero-order valence-corrected chi connectivity index (χ0v) is 12.5. The average Bonchev–Trinajstić information content (AvgIpc) is 3.04. The van der Waals surface area contributed by atoms with Gasteiger partial charge in [-0.2, -0.15) is 36.2 Å². The minimum Gasteiger partial charge on any atom is -0.282 e. The minimum atomic E-state index is -4.89. The van der Waals surface area contributed by atoms with Crippen LogP contribution in [0.5, 0.6) is 0 Å². The summed E-state index contributed by atoms with van der Waals surface area (Å²) in [6.45, 7) is -0.277. The Morgan fingerprint density at radius 2 is 1.77 bits per heavy atom. The molecule has 1 aliphatic rings. The van der Waals surface area contributed by atoms with Crippen molar-refractivity contribution >= 4 is 11.7 Å². The Labute approximate surface area is 140 Å². The van der Waals surface area contributed by atoms with E-state index in [2.05, 4.69) is 26.0 Å². The van der Waals surface area contributed by atoms with Gasteiger partial charge in [-0.15, -0.1) is 5.10 Å². The van der Waals surface area contributed by atoms with Crippen molar-refractivity contribution < 1.29 is 31.1 Å². The predicted molar refractivity (Wildman–Crippen MR) is 74.0 cm³/mol. The van der Waals surface area contributed by atoms with Gasteiger partial charge in [0, 0.05) is 5.56 Å². The molecule has 0 saturated carbocycles. The highest BCUT2D eigenvalue weighted by Gasteiger charge is 2.38. The lowest BCUT2D eigenvalue weighted by Crippen LogP contribution is -2.47. The fraction of sp³-hybridized carbons (Fsp3) is 0.231. The first-order valence-electron chi connectivity index (χ1n) is 6.86. The van der Waals surface area contributed by atoms with Gasteiger partial charge in [0.1, 0.15) is 12.4 Å². The summed E-state index contributed by atoms with van der Waals surface area (Å²) in [5, 5.41) is 6.32. The van der Waals surface area contributed by atoms with Gasteiger partial charge in [0.15, 0.2) is 5.69 Å². The fourth-order valence-electron chi connectivity index (χ4n) is 2.12. The van der Waals surface area contributed by atoms with Crippen molar-refractivity contribution in [2.45, 2.75) is 12.4 Å². The summed E-state index contributed by atoms with van der Waals surface area (Å²) in [4.78, 5) is 15.1. The third kappa shape index (κ3) is 3.45. The zero-order valence-electron chi connectivity index (χ0n) is 12.5. The van der Waals surface area contributed by atoms with Crippen molar-refractivity contribution in [1.82, 2.24) is 25.8 Å². The van der Waals surface area contributed by atoms with Gasteiger partial charge in [0.2, 0.25) is 0 Å². The van der Waals surface area contributed by atoms with Crippen LogP contribution in [0, 0.1) is 0 Å². The Morgan fingerprint density at radius 1 is 1.04 bits per heavy atom. The number of nitrogens with zero attached hydrogens (tertiary/aromatic N) is 4. The Morgan fingerprint density at radius 3 is 2.31 bits per heavy atom. The van der Waals surface area contributed by atoms with E-state index in [1.165, 1.54) is 6.07 Å². The molecule has 2 N–H and O–H groups in total. The van der Waals surface area contributed by atoms with E-state index in [0.717, 1.165) is 6.07 Å². The van der Waals surface area contributed by atoms with E-state index in [4.69, 9.17) is 0 Å². The number of hydrogen-bond acceptors (Lipinski definition) is 5. The lowest BCUT2D eigenvalue weighted by Gasteiger charge is -2.18. The number of hydrazine groups is 1. The smallest absolute Gasteiger partial charge is 0.282 e. The molecule has 2 heterocycles. The minimum absolute atomic E-state index is 0.0222. The van der Waals surface area contributed by atoms with Crippen LogP contribution in [0.25, 0.3) is 5.69 Å². The molecule has 3 rings (SSSR count). The molecule has 1 aliphatic heterocycles. The first-order valence-corrected chi connectivity index (χ1v) is 6.86. The number of aromatic nitrogens is 3. The summed E-state index contributed by atoms with van der Waals surface area (Å²) in [6, 6.07) is 2.78. The number of amidine groups is 1. The second-order valence-electron chi connectivity index (χ2n) is 5.08. The van der Waals surface area contributed by atoms with Crippen LogP contribution in [0.1, 0.15) is 16.8 Å². The van der Waals surface area contributed by atoms with Crippen molar-refractivity contribution in [3.8, 4) is 5.69 Å². The Bertz CT molecular complexity index is 884. The molecule has 1 aromatic heterocycles. The molecule has 2 aromatic rings. The third-order valence-electron chi connectivity index (χ3n) is 3.27. The lowest BCUT2D eigenvalue weighted by atomic mass is 10.1. The molecule has 138 valence electrons. The van der Waals surface area contributed by atoms with E-state index >= 15 is 0 Å². The second-order valence-corrected chi connectivity index (χ2v) is 5.08. The largest absolute Gasteiger partial charge is 0.436 e. The van der Waals surface area contributed by atoms with Crippen LogP contribution < -0.4 is 10.9 Å². The van der Waals surface area contributed by atoms with Crippen LogP contribution in [0.2, 0.25) is 0 Å². The normalized spacial score (nSPS) is 15.3. The van der Waals surface area contributed by atoms with E-state index < -0.39 is 35.2 Å². The van der Waals surface area contributed by atoms with Crippen LogP contribution in [0.3, 0.4) is 0 Å². The summed E-state index contributed by atoms with van der Waals surface area (Å²) in [6.07, 6.45) is -9.40. The number of amides is 1. The maximum absolute atomic E-state index is 13.4. The topological polar surface area (TPSA) is 84.2 Å². The number of carbonyl (C=O) groups is 1. The van der Waals surface area contributed by atoms with Crippen LogP contribution in [0.15, 0.2) is 29.4 Å². The molecule has 0 atom stereocenters.